The Morgan fingerprint density at radius 1 is 1.05 bits per heavy atom. The fourth-order valence-electron chi connectivity index (χ4n) is 4.74. The van der Waals surface area contributed by atoms with Gasteiger partial charge in [0.15, 0.2) is 0 Å². The largest absolute Gasteiger partial charge is 0.329 e. The highest BCUT2D eigenvalue weighted by Gasteiger charge is 2.42. The van der Waals surface area contributed by atoms with Gasteiger partial charge in [-0.2, -0.15) is 0 Å². The maximum absolute atomic E-state index is 6.27. The molecule has 0 aromatic rings. The summed E-state index contributed by atoms with van der Waals surface area (Å²) >= 11 is 0. The van der Waals surface area contributed by atoms with E-state index in [0.717, 1.165) is 18.4 Å². The molecule has 2 N–H and O–H groups in total. The summed E-state index contributed by atoms with van der Waals surface area (Å²) in [6.07, 6.45) is 14.1. The predicted molar refractivity (Wildman–Crippen MR) is 83.2 cm³/mol. The van der Waals surface area contributed by atoms with Gasteiger partial charge in [-0.3, -0.25) is 4.90 Å². The van der Waals surface area contributed by atoms with Crippen molar-refractivity contribution < 1.29 is 0 Å². The molecule has 0 heterocycles. The molecule has 2 aliphatic carbocycles. The minimum Gasteiger partial charge on any atom is -0.329 e. The van der Waals surface area contributed by atoms with Crippen LogP contribution in [0.25, 0.3) is 0 Å². The monoisotopic (exact) mass is 266 g/mol. The highest BCUT2D eigenvalue weighted by atomic mass is 15.2. The molecule has 0 bridgehead atoms. The van der Waals surface area contributed by atoms with Gasteiger partial charge in [0.25, 0.3) is 0 Å². The minimum absolute atomic E-state index is 0.310. The maximum Gasteiger partial charge on any atom is 0.0356 e. The number of rotatable bonds is 5. The number of likely N-dealkylation sites (N-methyl/N-ethyl adjacent to an activating group) is 1. The topological polar surface area (TPSA) is 29.3 Å². The van der Waals surface area contributed by atoms with Crippen LogP contribution >= 0.6 is 0 Å². The van der Waals surface area contributed by atoms with Gasteiger partial charge in [0, 0.05) is 18.6 Å². The van der Waals surface area contributed by atoms with E-state index >= 15 is 0 Å². The van der Waals surface area contributed by atoms with Crippen LogP contribution in [0, 0.1) is 11.8 Å². The summed E-state index contributed by atoms with van der Waals surface area (Å²) < 4.78 is 0. The zero-order chi connectivity index (χ0) is 13.7. The molecule has 2 saturated carbocycles. The average molecular weight is 266 g/mol. The third-order valence-corrected chi connectivity index (χ3v) is 6.04. The van der Waals surface area contributed by atoms with Gasteiger partial charge in [-0.25, -0.2) is 0 Å². The number of nitrogens with two attached hydrogens (primary N) is 1. The molecule has 0 aromatic heterocycles. The van der Waals surface area contributed by atoms with Gasteiger partial charge < -0.3 is 5.73 Å². The number of hydrogen-bond acceptors (Lipinski definition) is 2. The van der Waals surface area contributed by atoms with Crippen molar-refractivity contribution in [2.24, 2.45) is 17.6 Å². The fraction of sp³-hybridized carbons (Fsp3) is 1.00. The third kappa shape index (κ3) is 3.33. The summed E-state index contributed by atoms with van der Waals surface area (Å²) in [7, 11) is 2.36. The second kappa shape index (κ2) is 7.08. The van der Waals surface area contributed by atoms with Crippen molar-refractivity contribution in [3.05, 3.63) is 0 Å². The van der Waals surface area contributed by atoms with Crippen LogP contribution in [0.4, 0.5) is 0 Å². The Morgan fingerprint density at radius 3 is 2.37 bits per heavy atom. The Hall–Kier alpha value is -0.0800. The SMILES string of the molecule is CCC1CCCCC1(CN)N(C)CC1CCCCC1. The van der Waals surface area contributed by atoms with Gasteiger partial charge >= 0.3 is 0 Å². The summed E-state index contributed by atoms with van der Waals surface area (Å²) in [5.41, 5.74) is 6.58. The Labute approximate surface area is 120 Å². The van der Waals surface area contributed by atoms with Crippen LogP contribution in [0.15, 0.2) is 0 Å². The van der Waals surface area contributed by atoms with E-state index in [1.54, 1.807) is 0 Å². The second-order valence-electron chi connectivity index (χ2n) is 7.04. The van der Waals surface area contributed by atoms with Gasteiger partial charge in [0.05, 0.1) is 0 Å². The molecule has 0 radical (unpaired) electrons. The Balaban J connectivity index is 2.01. The standard InChI is InChI=1S/C17H34N2/c1-3-16-11-7-8-12-17(16,14-18)19(2)13-15-9-5-4-6-10-15/h15-16H,3-14,18H2,1-2H3. The molecule has 0 aromatic carbocycles. The first-order valence-corrected chi connectivity index (χ1v) is 8.64. The molecule has 2 fully saturated rings. The van der Waals surface area contributed by atoms with Crippen molar-refractivity contribution >= 4 is 0 Å². The third-order valence-electron chi connectivity index (χ3n) is 6.04. The molecule has 2 rings (SSSR count). The molecule has 2 aliphatic rings. The minimum atomic E-state index is 0.310. The van der Waals surface area contributed by atoms with E-state index in [9.17, 15) is 0 Å². The Kier molecular flexibility index (Phi) is 5.70. The molecule has 0 saturated heterocycles. The lowest BCUT2D eigenvalue weighted by molar-refractivity contribution is 0.00952. The maximum atomic E-state index is 6.27. The second-order valence-corrected chi connectivity index (χ2v) is 7.04. The number of nitrogens with zero attached hydrogens (tertiary/aromatic N) is 1. The number of hydrogen-bond donors (Lipinski definition) is 1. The van der Waals surface area contributed by atoms with Crippen LogP contribution in [-0.2, 0) is 0 Å². The first kappa shape index (κ1) is 15.3. The van der Waals surface area contributed by atoms with E-state index in [2.05, 4.69) is 18.9 Å². The molecule has 0 amide bonds. The van der Waals surface area contributed by atoms with Crippen molar-refractivity contribution in [2.45, 2.75) is 76.7 Å². The smallest absolute Gasteiger partial charge is 0.0356 e. The van der Waals surface area contributed by atoms with Crippen LogP contribution in [0.5, 0.6) is 0 Å². The molecule has 2 nitrogen and oxygen atoms in total. The molecule has 112 valence electrons. The quantitative estimate of drug-likeness (QED) is 0.820. The van der Waals surface area contributed by atoms with Crippen LogP contribution < -0.4 is 5.73 Å². The Morgan fingerprint density at radius 2 is 1.74 bits per heavy atom. The van der Waals surface area contributed by atoms with Gasteiger partial charge in [-0.05, 0) is 44.6 Å². The predicted octanol–water partition coefficient (Wildman–Crippen LogP) is 3.80. The molecule has 2 atom stereocenters. The van der Waals surface area contributed by atoms with Crippen molar-refractivity contribution in [1.82, 2.24) is 4.90 Å². The van der Waals surface area contributed by atoms with Crippen molar-refractivity contribution in [2.75, 3.05) is 20.1 Å². The summed E-state index contributed by atoms with van der Waals surface area (Å²) in [5.74, 6) is 1.75. The van der Waals surface area contributed by atoms with Crippen LogP contribution in [0.2, 0.25) is 0 Å². The Bertz CT molecular complexity index is 260. The summed E-state index contributed by atoms with van der Waals surface area (Å²) in [5, 5.41) is 0. The fourth-order valence-corrected chi connectivity index (χ4v) is 4.74. The lowest BCUT2D eigenvalue weighted by atomic mass is 9.70. The van der Waals surface area contributed by atoms with Crippen molar-refractivity contribution in [1.29, 1.82) is 0 Å². The van der Waals surface area contributed by atoms with Crippen LogP contribution in [0.3, 0.4) is 0 Å². The van der Waals surface area contributed by atoms with E-state index in [-0.39, 0.29) is 0 Å². The highest BCUT2D eigenvalue weighted by Crippen LogP contribution is 2.40. The van der Waals surface area contributed by atoms with Gasteiger partial charge in [0.1, 0.15) is 0 Å². The lowest BCUT2D eigenvalue weighted by Crippen LogP contribution is -2.59. The summed E-state index contributed by atoms with van der Waals surface area (Å²) in [6, 6.07) is 0. The van der Waals surface area contributed by atoms with Crippen LogP contribution in [0.1, 0.15) is 71.1 Å². The zero-order valence-electron chi connectivity index (χ0n) is 13.2. The normalized spacial score (nSPS) is 33.8. The van der Waals surface area contributed by atoms with Gasteiger partial charge in [0.2, 0.25) is 0 Å². The highest BCUT2D eigenvalue weighted by molar-refractivity contribution is 4.99. The molecule has 0 aliphatic heterocycles. The summed E-state index contributed by atoms with van der Waals surface area (Å²) in [6.45, 7) is 4.50. The average Bonchev–Trinajstić information content (AvgIpc) is 2.47. The van der Waals surface area contributed by atoms with Crippen molar-refractivity contribution in [3.63, 3.8) is 0 Å². The van der Waals surface area contributed by atoms with Crippen molar-refractivity contribution in [3.8, 4) is 0 Å². The molecular formula is C17H34N2. The molecular weight excluding hydrogens is 232 g/mol. The van der Waals surface area contributed by atoms with E-state index in [4.69, 9.17) is 5.73 Å². The molecule has 2 unspecified atom stereocenters. The van der Waals surface area contributed by atoms with E-state index < -0.39 is 0 Å². The van der Waals surface area contributed by atoms with Gasteiger partial charge in [-0.1, -0.05) is 45.4 Å². The first-order chi connectivity index (χ1) is 9.23. The van der Waals surface area contributed by atoms with E-state index in [0.29, 0.717) is 5.54 Å². The molecule has 0 spiro atoms. The first-order valence-electron chi connectivity index (χ1n) is 8.64. The van der Waals surface area contributed by atoms with Gasteiger partial charge in [-0.15, -0.1) is 0 Å². The summed E-state index contributed by atoms with van der Waals surface area (Å²) in [4.78, 5) is 2.68. The molecule has 19 heavy (non-hydrogen) atoms. The van der Waals surface area contributed by atoms with Crippen LogP contribution in [-0.4, -0.2) is 30.6 Å². The van der Waals surface area contributed by atoms with E-state index in [1.807, 2.05) is 0 Å². The lowest BCUT2D eigenvalue weighted by Gasteiger charge is -2.50. The molecule has 2 heteroatoms. The zero-order valence-corrected chi connectivity index (χ0v) is 13.2. The van der Waals surface area contributed by atoms with E-state index in [1.165, 1.54) is 70.8 Å².